The van der Waals surface area contributed by atoms with Crippen LogP contribution >= 0.6 is 23.4 Å². The lowest BCUT2D eigenvalue weighted by atomic mass is 10.2. The number of nitrogens with one attached hydrogen (secondary N) is 1. The molecule has 7 nitrogen and oxygen atoms in total. The maximum Gasteiger partial charge on any atom is 0.220 e. The molecule has 3 rings (SSSR count). The first-order chi connectivity index (χ1) is 16.6. The maximum absolute atomic E-state index is 12.4. The molecule has 0 spiro atoms. The number of hydrogen-bond acceptors (Lipinski definition) is 6. The Kier molecular flexibility index (Phi) is 10.7. The van der Waals surface area contributed by atoms with Crippen molar-refractivity contribution in [1.82, 2.24) is 20.1 Å². The number of aryl methyl sites for hydroxylation is 1. The minimum absolute atomic E-state index is 0.00640. The third kappa shape index (κ3) is 8.04. The normalized spacial score (nSPS) is 10.9. The number of halogens is 1. The highest BCUT2D eigenvalue weighted by Gasteiger charge is 2.14. The summed E-state index contributed by atoms with van der Waals surface area (Å²) in [4.78, 5) is 12.4. The summed E-state index contributed by atoms with van der Waals surface area (Å²) in [5.74, 6) is 2.43. The largest absolute Gasteiger partial charge is 0.496 e. The molecule has 1 aromatic heterocycles. The second kappa shape index (κ2) is 14.0. The number of thioether (sulfide) groups is 1. The molecule has 0 saturated carbocycles. The first-order valence-corrected chi connectivity index (χ1v) is 12.6. The van der Waals surface area contributed by atoms with Crippen molar-refractivity contribution >= 4 is 29.3 Å². The number of benzene rings is 2. The number of ether oxygens (including phenoxy) is 2. The molecular weight excluding hydrogens is 472 g/mol. The van der Waals surface area contributed by atoms with Crippen molar-refractivity contribution in [3.05, 3.63) is 70.5 Å². The highest BCUT2D eigenvalue weighted by molar-refractivity contribution is 7.98. The van der Waals surface area contributed by atoms with Gasteiger partial charge >= 0.3 is 0 Å². The Morgan fingerprint density at radius 3 is 2.76 bits per heavy atom. The van der Waals surface area contributed by atoms with Gasteiger partial charge < -0.3 is 19.4 Å². The van der Waals surface area contributed by atoms with Gasteiger partial charge in [-0.15, -0.1) is 10.2 Å². The molecule has 0 fully saturated rings. The predicted octanol–water partition coefficient (Wildman–Crippen LogP) is 4.91. The van der Waals surface area contributed by atoms with E-state index in [9.17, 15) is 4.79 Å². The summed E-state index contributed by atoms with van der Waals surface area (Å²) < 4.78 is 12.7. The van der Waals surface area contributed by atoms with E-state index >= 15 is 0 Å². The van der Waals surface area contributed by atoms with Crippen LogP contribution in [0.15, 0.2) is 53.7 Å². The number of carbonyl (C=O) groups excluding carboxylic acids is 1. The van der Waals surface area contributed by atoms with Gasteiger partial charge in [-0.2, -0.15) is 0 Å². The topological polar surface area (TPSA) is 78.3 Å². The van der Waals surface area contributed by atoms with Crippen LogP contribution in [0.25, 0.3) is 0 Å². The second-order valence-corrected chi connectivity index (χ2v) is 9.14. The van der Waals surface area contributed by atoms with Gasteiger partial charge in [-0.05, 0) is 36.6 Å². The predicted molar refractivity (Wildman–Crippen MR) is 135 cm³/mol. The second-order valence-electron chi connectivity index (χ2n) is 7.76. The number of amides is 1. The fraction of sp³-hybridized carbons (Fsp3) is 0.400. The first-order valence-electron chi connectivity index (χ1n) is 11.3. The molecule has 1 N–H and O–H groups in total. The van der Waals surface area contributed by atoms with Crippen LogP contribution in [0.3, 0.4) is 0 Å². The van der Waals surface area contributed by atoms with Crippen molar-refractivity contribution in [2.75, 3.05) is 20.8 Å². The summed E-state index contributed by atoms with van der Waals surface area (Å²) in [5, 5.41) is 13.4. The molecule has 3 aromatic rings. The van der Waals surface area contributed by atoms with Crippen LogP contribution in [0.4, 0.5) is 0 Å². The molecule has 0 atom stereocenters. The lowest BCUT2D eigenvalue weighted by Crippen LogP contribution is -2.23. The first kappa shape index (κ1) is 26.1. The Morgan fingerprint density at radius 2 is 1.97 bits per heavy atom. The van der Waals surface area contributed by atoms with Crippen molar-refractivity contribution < 1.29 is 14.3 Å². The highest BCUT2D eigenvalue weighted by atomic mass is 35.5. The standard InChI is InChI=1S/C25H31ClN4O3S/c1-32-15-7-14-30-23(28-29-25(30)34-18-19-8-5-10-21(26)16-19)12-6-13-24(31)27-17-20-9-3-4-11-22(20)33-2/h3-5,8-11,16H,6-7,12-15,17-18H2,1-2H3,(H,27,31). The van der Waals surface area contributed by atoms with Crippen molar-refractivity contribution in [2.24, 2.45) is 0 Å². The summed E-state index contributed by atoms with van der Waals surface area (Å²) >= 11 is 7.74. The highest BCUT2D eigenvalue weighted by Crippen LogP contribution is 2.24. The van der Waals surface area contributed by atoms with Crippen molar-refractivity contribution in [3.8, 4) is 5.75 Å². The van der Waals surface area contributed by atoms with Crippen LogP contribution in [0.5, 0.6) is 5.75 Å². The summed E-state index contributed by atoms with van der Waals surface area (Å²) in [6.07, 6.45) is 2.66. The monoisotopic (exact) mass is 502 g/mol. The van der Waals surface area contributed by atoms with Gasteiger partial charge in [0.15, 0.2) is 5.16 Å². The van der Waals surface area contributed by atoms with E-state index in [2.05, 4.69) is 26.1 Å². The molecule has 34 heavy (non-hydrogen) atoms. The smallest absolute Gasteiger partial charge is 0.220 e. The Bertz CT molecular complexity index is 1060. The minimum Gasteiger partial charge on any atom is -0.496 e. The van der Waals surface area contributed by atoms with Crippen LogP contribution in [0.1, 0.15) is 36.2 Å². The van der Waals surface area contributed by atoms with Crippen molar-refractivity contribution in [1.29, 1.82) is 0 Å². The summed E-state index contributed by atoms with van der Waals surface area (Å²) in [5.41, 5.74) is 2.09. The van der Waals surface area contributed by atoms with E-state index in [0.29, 0.717) is 32.4 Å². The van der Waals surface area contributed by atoms with Crippen molar-refractivity contribution in [2.45, 2.75) is 49.7 Å². The number of aromatic nitrogens is 3. The van der Waals surface area contributed by atoms with Gasteiger partial charge in [0.25, 0.3) is 0 Å². The number of para-hydroxylation sites is 1. The lowest BCUT2D eigenvalue weighted by molar-refractivity contribution is -0.121. The van der Waals surface area contributed by atoms with E-state index in [1.54, 1.807) is 26.0 Å². The van der Waals surface area contributed by atoms with E-state index < -0.39 is 0 Å². The molecule has 9 heteroatoms. The molecule has 1 heterocycles. The van der Waals surface area contributed by atoms with Crippen molar-refractivity contribution in [3.63, 3.8) is 0 Å². The number of hydrogen-bond donors (Lipinski definition) is 1. The van der Waals surface area contributed by atoms with Gasteiger partial charge in [0.2, 0.25) is 5.91 Å². The average Bonchev–Trinajstić information content (AvgIpc) is 3.23. The van der Waals surface area contributed by atoms with Crippen LogP contribution in [-0.4, -0.2) is 41.5 Å². The maximum atomic E-state index is 12.4. The number of carbonyl (C=O) groups is 1. The van der Waals surface area contributed by atoms with E-state index in [4.69, 9.17) is 21.1 Å². The molecule has 2 aromatic carbocycles. The van der Waals surface area contributed by atoms with Crippen LogP contribution in [0, 0.1) is 0 Å². The minimum atomic E-state index is 0.00640. The zero-order valence-corrected chi connectivity index (χ0v) is 21.2. The third-order valence-corrected chi connectivity index (χ3v) is 6.53. The van der Waals surface area contributed by atoms with Gasteiger partial charge in [-0.1, -0.05) is 53.7 Å². The quantitative estimate of drug-likeness (QED) is 0.249. The SMILES string of the molecule is COCCCn1c(CCCC(=O)NCc2ccccc2OC)nnc1SCc1cccc(Cl)c1. The summed E-state index contributed by atoms with van der Waals surface area (Å²) in [7, 11) is 3.33. The van der Waals surface area contributed by atoms with Gasteiger partial charge in [0.1, 0.15) is 11.6 Å². The zero-order valence-electron chi connectivity index (χ0n) is 19.6. The Morgan fingerprint density at radius 1 is 1.12 bits per heavy atom. The molecule has 0 aliphatic carbocycles. The summed E-state index contributed by atoms with van der Waals surface area (Å²) in [6, 6.07) is 15.5. The van der Waals surface area contributed by atoms with E-state index in [0.717, 1.165) is 51.6 Å². The van der Waals surface area contributed by atoms with Gasteiger partial charge in [-0.25, -0.2) is 0 Å². The molecule has 182 valence electrons. The van der Waals surface area contributed by atoms with Gasteiger partial charge in [0.05, 0.1) is 7.11 Å². The summed E-state index contributed by atoms with van der Waals surface area (Å²) in [6.45, 7) is 1.88. The number of methoxy groups -OCH3 is 2. The van der Waals surface area contributed by atoms with E-state index in [1.807, 2.05) is 42.5 Å². The molecule has 0 unspecified atom stereocenters. The Hall–Kier alpha value is -2.55. The van der Waals surface area contributed by atoms with E-state index in [-0.39, 0.29) is 5.91 Å². The molecule has 0 saturated heterocycles. The molecule has 0 aliphatic heterocycles. The zero-order chi connectivity index (χ0) is 24.2. The molecule has 0 aliphatic rings. The number of rotatable bonds is 14. The van der Waals surface area contributed by atoms with Crippen LogP contribution in [-0.2, 0) is 34.8 Å². The molecule has 0 radical (unpaired) electrons. The molecular formula is C25H31ClN4O3S. The lowest BCUT2D eigenvalue weighted by Gasteiger charge is -2.11. The van der Waals surface area contributed by atoms with Crippen LogP contribution in [0.2, 0.25) is 5.02 Å². The van der Waals surface area contributed by atoms with Gasteiger partial charge in [-0.3, -0.25) is 4.79 Å². The van der Waals surface area contributed by atoms with Gasteiger partial charge in [0, 0.05) is 56.0 Å². The molecule has 0 bridgehead atoms. The van der Waals surface area contributed by atoms with E-state index in [1.165, 1.54) is 0 Å². The average molecular weight is 503 g/mol. The Balaban J connectivity index is 1.53. The fourth-order valence-electron chi connectivity index (χ4n) is 3.52. The fourth-order valence-corrected chi connectivity index (χ4v) is 4.65. The number of nitrogens with zero attached hydrogens (tertiary/aromatic N) is 3. The Labute approximate surface area is 210 Å². The van der Waals surface area contributed by atoms with Crippen LogP contribution < -0.4 is 10.1 Å². The third-order valence-electron chi connectivity index (χ3n) is 5.25. The molecule has 1 amide bonds.